The van der Waals surface area contributed by atoms with Crippen molar-refractivity contribution in [2.45, 2.75) is 25.7 Å². The van der Waals surface area contributed by atoms with Gasteiger partial charge in [0.1, 0.15) is 0 Å². The number of likely N-dealkylation sites (tertiary alicyclic amines) is 1. The molecule has 100 valence electrons. The van der Waals surface area contributed by atoms with Crippen molar-refractivity contribution in [1.29, 1.82) is 0 Å². The topological polar surface area (TPSA) is 86.7 Å². The van der Waals surface area contributed by atoms with Crippen LogP contribution in [0, 0.1) is 0 Å². The summed E-state index contributed by atoms with van der Waals surface area (Å²) >= 11 is 0. The molecule has 1 aliphatic heterocycles. The van der Waals surface area contributed by atoms with E-state index in [4.69, 9.17) is 5.11 Å². The average Bonchev–Trinajstić information content (AvgIpc) is 2.29. The SMILES string of the molecule is O=C(CCNS(=O)(=O)CCO)N1CCCCC1. The average molecular weight is 264 g/mol. The van der Waals surface area contributed by atoms with E-state index in [2.05, 4.69) is 4.72 Å². The van der Waals surface area contributed by atoms with E-state index >= 15 is 0 Å². The smallest absolute Gasteiger partial charge is 0.223 e. The molecule has 0 saturated carbocycles. The summed E-state index contributed by atoms with van der Waals surface area (Å²) in [6, 6.07) is 0. The maximum Gasteiger partial charge on any atom is 0.223 e. The minimum absolute atomic E-state index is 0.00333. The van der Waals surface area contributed by atoms with Crippen LogP contribution in [0.1, 0.15) is 25.7 Å². The monoisotopic (exact) mass is 264 g/mol. The molecule has 0 aromatic rings. The zero-order valence-corrected chi connectivity index (χ0v) is 10.7. The molecule has 1 rings (SSSR count). The molecule has 0 aliphatic carbocycles. The molecule has 0 aromatic heterocycles. The normalized spacial score (nSPS) is 17.1. The van der Waals surface area contributed by atoms with E-state index in [-0.39, 0.29) is 24.6 Å². The Hall–Kier alpha value is -0.660. The van der Waals surface area contributed by atoms with Crippen molar-refractivity contribution in [3.63, 3.8) is 0 Å². The first kappa shape index (κ1) is 14.4. The number of nitrogens with one attached hydrogen (secondary N) is 1. The van der Waals surface area contributed by atoms with E-state index in [0.29, 0.717) is 0 Å². The van der Waals surface area contributed by atoms with Crippen molar-refractivity contribution in [3.8, 4) is 0 Å². The number of sulfonamides is 1. The van der Waals surface area contributed by atoms with Crippen LogP contribution in [0.2, 0.25) is 0 Å². The van der Waals surface area contributed by atoms with E-state index in [9.17, 15) is 13.2 Å². The summed E-state index contributed by atoms with van der Waals surface area (Å²) in [7, 11) is -3.43. The first-order valence-electron chi connectivity index (χ1n) is 5.91. The molecular formula is C10H20N2O4S. The lowest BCUT2D eigenvalue weighted by atomic mass is 10.1. The van der Waals surface area contributed by atoms with E-state index < -0.39 is 16.6 Å². The summed E-state index contributed by atoms with van der Waals surface area (Å²) < 4.78 is 24.7. The summed E-state index contributed by atoms with van der Waals surface area (Å²) in [5.41, 5.74) is 0. The zero-order chi connectivity index (χ0) is 12.7. The van der Waals surface area contributed by atoms with Crippen LogP contribution in [0.25, 0.3) is 0 Å². The molecule has 1 heterocycles. The number of hydrogen-bond donors (Lipinski definition) is 2. The van der Waals surface area contributed by atoms with Gasteiger partial charge in [0.2, 0.25) is 15.9 Å². The van der Waals surface area contributed by atoms with Gasteiger partial charge in [0.15, 0.2) is 0 Å². The van der Waals surface area contributed by atoms with Crippen LogP contribution in [0.15, 0.2) is 0 Å². The molecule has 1 amide bonds. The summed E-state index contributed by atoms with van der Waals surface area (Å²) in [6.07, 6.45) is 3.40. The third-order valence-electron chi connectivity index (χ3n) is 2.73. The second-order valence-electron chi connectivity index (χ2n) is 4.13. The summed E-state index contributed by atoms with van der Waals surface area (Å²) in [5, 5.41) is 8.52. The Labute approximate surface area is 102 Å². The highest BCUT2D eigenvalue weighted by molar-refractivity contribution is 7.89. The summed E-state index contributed by atoms with van der Waals surface area (Å²) in [5.74, 6) is -0.318. The van der Waals surface area contributed by atoms with E-state index in [1.807, 2.05) is 0 Å². The lowest BCUT2D eigenvalue weighted by molar-refractivity contribution is -0.131. The third kappa shape index (κ3) is 5.47. The van der Waals surface area contributed by atoms with Gasteiger partial charge in [-0.25, -0.2) is 13.1 Å². The number of piperidine rings is 1. The fourth-order valence-electron chi connectivity index (χ4n) is 1.81. The van der Waals surface area contributed by atoms with Crippen molar-refractivity contribution < 1.29 is 18.3 Å². The van der Waals surface area contributed by atoms with Gasteiger partial charge in [0, 0.05) is 26.1 Å². The van der Waals surface area contributed by atoms with Crippen molar-refractivity contribution in [2.24, 2.45) is 0 Å². The van der Waals surface area contributed by atoms with E-state index in [1.54, 1.807) is 4.90 Å². The Morgan fingerprint density at radius 3 is 2.47 bits per heavy atom. The molecule has 0 aromatic carbocycles. The minimum atomic E-state index is -3.43. The molecule has 0 atom stereocenters. The molecule has 1 fully saturated rings. The number of aliphatic hydroxyl groups is 1. The molecular weight excluding hydrogens is 244 g/mol. The van der Waals surface area contributed by atoms with Crippen molar-refractivity contribution >= 4 is 15.9 Å². The Bertz CT molecular complexity index is 336. The number of carbonyl (C=O) groups excluding carboxylic acids is 1. The molecule has 0 unspecified atom stereocenters. The molecule has 0 spiro atoms. The lowest BCUT2D eigenvalue weighted by Crippen LogP contribution is -2.38. The number of hydrogen-bond acceptors (Lipinski definition) is 4. The maximum absolute atomic E-state index is 11.7. The van der Waals surface area contributed by atoms with Crippen molar-refractivity contribution in [1.82, 2.24) is 9.62 Å². The highest BCUT2D eigenvalue weighted by Gasteiger charge is 2.17. The van der Waals surface area contributed by atoms with Gasteiger partial charge in [0.05, 0.1) is 12.4 Å². The summed E-state index contributed by atoms with van der Waals surface area (Å²) in [6.45, 7) is 1.26. The Morgan fingerprint density at radius 2 is 1.88 bits per heavy atom. The zero-order valence-electron chi connectivity index (χ0n) is 9.89. The van der Waals surface area contributed by atoms with Gasteiger partial charge in [0.25, 0.3) is 0 Å². The van der Waals surface area contributed by atoms with Crippen LogP contribution in [0.4, 0.5) is 0 Å². The fraction of sp³-hybridized carbons (Fsp3) is 0.900. The highest BCUT2D eigenvalue weighted by Crippen LogP contribution is 2.09. The van der Waals surface area contributed by atoms with E-state index in [0.717, 1.165) is 32.4 Å². The standard InChI is InChI=1S/C10H20N2O4S/c13-8-9-17(15,16)11-5-4-10(14)12-6-2-1-3-7-12/h11,13H,1-9H2. The molecule has 1 aliphatic rings. The second-order valence-corrected chi connectivity index (χ2v) is 6.05. The van der Waals surface area contributed by atoms with Crippen molar-refractivity contribution in [2.75, 3.05) is 32.0 Å². The van der Waals surface area contributed by atoms with Gasteiger partial charge in [-0.1, -0.05) is 0 Å². The molecule has 2 N–H and O–H groups in total. The lowest BCUT2D eigenvalue weighted by Gasteiger charge is -2.26. The van der Waals surface area contributed by atoms with Gasteiger partial charge >= 0.3 is 0 Å². The largest absolute Gasteiger partial charge is 0.395 e. The van der Waals surface area contributed by atoms with Gasteiger partial charge in [-0.05, 0) is 19.3 Å². The Balaban J connectivity index is 2.24. The minimum Gasteiger partial charge on any atom is -0.395 e. The molecule has 1 saturated heterocycles. The van der Waals surface area contributed by atoms with E-state index in [1.165, 1.54) is 0 Å². The third-order valence-corrected chi connectivity index (χ3v) is 4.09. The van der Waals surface area contributed by atoms with Crippen LogP contribution in [0.3, 0.4) is 0 Å². The maximum atomic E-state index is 11.7. The summed E-state index contributed by atoms with van der Waals surface area (Å²) in [4.78, 5) is 13.5. The molecule has 0 radical (unpaired) electrons. The van der Waals surface area contributed by atoms with Crippen LogP contribution < -0.4 is 4.72 Å². The molecule has 7 heteroatoms. The van der Waals surface area contributed by atoms with Crippen molar-refractivity contribution in [3.05, 3.63) is 0 Å². The molecule has 0 bridgehead atoms. The second kappa shape index (κ2) is 6.93. The number of amides is 1. The Kier molecular flexibility index (Phi) is 5.87. The van der Waals surface area contributed by atoms with Gasteiger partial charge < -0.3 is 10.0 Å². The first-order valence-corrected chi connectivity index (χ1v) is 7.56. The number of rotatable bonds is 6. The molecule has 6 nitrogen and oxygen atoms in total. The Morgan fingerprint density at radius 1 is 1.24 bits per heavy atom. The number of aliphatic hydroxyl groups excluding tert-OH is 1. The predicted octanol–water partition coefficient (Wildman–Crippen LogP) is -0.699. The first-order chi connectivity index (χ1) is 8.05. The van der Waals surface area contributed by atoms with Crippen LogP contribution in [-0.4, -0.2) is 56.3 Å². The highest BCUT2D eigenvalue weighted by atomic mass is 32.2. The van der Waals surface area contributed by atoms with Gasteiger partial charge in [-0.15, -0.1) is 0 Å². The predicted molar refractivity (Wildman–Crippen MR) is 63.9 cm³/mol. The fourth-order valence-corrected chi connectivity index (χ4v) is 2.60. The molecule has 17 heavy (non-hydrogen) atoms. The van der Waals surface area contributed by atoms with Crippen LogP contribution in [0.5, 0.6) is 0 Å². The quantitative estimate of drug-likeness (QED) is 0.664. The van der Waals surface area contributed by atoms with Gasteiger partial charge in [-0.3, -0.25) is 4.79 Å². The van der Waals surface area contributed by atoms with Gasteiger partial charge in [-0.2, -0.15) is 0 Å². The van der Waals surface area contributed by atoms with Crippen LogP contribution in [-0.2, 0) is 14.8 Å². The number of carbonyl (C=O) groups is 1. The van der Waals surface area contributed by atoms with Crippen LogP contribution >= 0.6 is 0 Å². The number of nitrogens with zero attached hydrogens (tertiary/aromatic N) is 1.